The summed E-state index contributed by atoms with van der Waals surface area (Å²) in [5.74, 6) is -0.187. The first-order valence-corrected chi connectivity index (χ1v) is 7.62. The molecule has 0 aliphatic carbocycles. The van der Waals surface area contributed by atoms with Gasteiger partial charge >= 0.3 is 5.97 Å². The van der Waals surface area contributed by atoms with Crippen molar-refractivity contribution < 1.29 is 9.53 Å². The second-order valence-corrected chi connectivity index (χ2v) is 5.37. The number of carbonyl (C=O) groups excluding carboxylic acids is 1. The summed E-state index contributed by atoms with van der Waals surface area (Å²) >= 11 is 0. The summed E-state index contributed by atoms with van der Waals surface area (Å²) < 4.78 is 5.37. The fraction of sp³-hybridized carbons (Fsp3) is 0.588. The number of carbonyl (C=O) groups is 1. The van der Waals surface area contributed by atoms with Gasteiger partial charge in [0.25, 0.3) is 0 Å². The molecule has 0 heterocycles. The lowest BCUT2D eigenvalue weighted by Gasteiger charge is -2.14. The van der Waals surface area contributed by atoms with E-state index < -0.39 is 0 Å². The van der Waals surface area contributed by atoms with Gasteiger partial charge < -0.3 is 10.1 Å². The summed E-state index contributed by atoms with van der Waals surface area (Å²) in [5.41, 5.74) is 2.15. The zero-order chi connectivity index (χ0) is 14.8. The second kappa shape index (κ2) is 9.40. The first-order valence-electron chi connectivity index (χ1n) is 7.62. The SMILES string of the molecule is CCCCCCC(C)OC(=O)CNc1ccc(C)cc1. The number of unbranched alkanes of at least 4 members (excludes halogenated alkanes) is 3. The first-order chi connectivity index (χ1) is 9.61. The van der Waals surface area contributed by atoms with Crippen LogP contribution in [0.15, 0.2) is 24.3 Å². The molecule has 1 rings (SSSR count). The number of rotatable bonds is 9. The van der Waals surface area contributed by atoms with Crippen molar-refractivity contribution in [2.75, 3.05) is 11.9 Å². The van der Waals surface area contributed by atoms with Gasteiger partial charge in [-0.25, -0.2) is 0 Å². The fourth-order valence-corrected chi connectivity index (χ4v) is 2.03. The third-order valence-electron chi connectivity index (χ3n) is 3.29. The highest BCUT2D eigenvalue weighted by Crippen LogP contribution is 2.10. The van der Waals surface area contributed by atoms with E-state index in [4.69, 9.17) is 4.74 Å². The molecule has 1 aromatic carbocycles. The maximum absolute atomic E-state index is 11.7. The van der Waals surface area contributed by atoms with Crippen molar-refractivity contribution in [3.05, 3.63) is 29.8 Å². The Morgan fingerprint density at radius 1 is 1.20 bits per heavy atom. The third kappa shape index (κ3) is 7.17. The Bertz CT molecular complexity index is 386. The molecule has 0 amide bonds. The monoisotopic (exact) mass is 277 g/mol. The van der Waals surface area contributed by atoms with Crippen LogP contribution in [0.1, 0.15) is 51.5 Å². The Kier molecular flexibility index (Phi) is 7.78. The quantitative estimate of drug-likeness (QED) is 0.540. The van der Waals surface area contributed by atoms with Crippen LogP contribution in [-0.4, -0.2) is 18.6 Å². The summed E-state index contributed by atoms with van der Waals surface area (Å²) in [6, 6.07) is 7.97. The topological polar surface area (TPSA) is 38.3 Å². The van der Waals surface area contributed by atoms with Gasteiger partial charge in [-0.05, 0) is 38.8 Å². The number of benzene rings is 1. The normalized spacial score (nSPS) is 11.9. The maximum Gasteiger partial charge on any atom is 0.325 e. The van der Waals surface area contributed by atoms with Gasteiger partial charge in [0, 0.05) is 5.69 Å². The molecular weight excluding hydrogens is 250 g/mol. The van der Waals surface area contributed by atoms with E-state index in [9.17, 15) is 4.79 Å². The van der Waals surface area contributed by atoms with Crippen LogP contribution in [0.4, 0.5) is 5.69 Å². The van der Waals surface area contributed by atoms with Gasteiger partial charge in [-0.1, -0.05) is 43.9 Å². The molecule has 0 aliphatic rings. The number of esters is 1. The molecule has 0 spiro atoms. The molecule has 112 valence electrons. The highest BCUT2D eigenvalue weighted by Gasteiger charge is 2.08. The predicted octanol–water partition coefficient (Wildman–Crippen LogP) is 4.31. The van der Waals surface area contributed by atoms with Crippen molar-refractivity contribution in [2.24, 2.45) is 0 Å². The van der Waals surface area contributed by atoms with Crippen LogP contribution >= 0.6 is 0 Å². The van der Waals surface area contributed by atoms with Crippen LogP contribution in [0.3, 0.4) is 0 Å². The molecule has 0 radical (unpaired) electrons. The van der Waals surface area contributed by atoms with E-state index in [1.807, 2.05) is 38.1 Å². The molecule has 0 aliphatic heterocycles. The van der Waals surface area contributed by atoms with Crippen LogP contribution in [-0.2, 0) is 9.53 Å². The molecule has 1 aromatic rings. The molecule has 3 nitrogen and oxygen atoms in total. The summed E-state index contributed by atoms with van der Waals surface area (Å²) in [4.78, 5) is 11.7. The van der Waals surface area contributed by atoms with Crippen molar-refractivity contribution in [1.82, 2.24) is 0 Å². The molecular formula is C17H27NO2. The van der Waals surface area contributed by atoms with Gasteiger partial charge in [0.15, 0.2) is 0 Å². The Labute approximate surface area is 122 Å². The van der Waals surface area contributed by atoms with Gasteiger partial charge in [-0.15, -0.1) is 0 Å². The van der Waals surface area contributed by atoms with Crippen molar-refractivity contribution >= 4 is 11.7 Å². The molecule has 3 heteroatoms. The minimum atomic E-state index is -0.187. The average molecular weight is 277 g/mol. The molecule has 0 aromatic heterocycles. The van der Waals surface area contributed by atoms with Crippen LogP contribution in [0.2, 0.25) is 0 Å². The number of hydrogen-bond acceptors (Lipinski definition) is 3. The van der Waals surface area contributed by atoms with E-state index in [1.165, 1.54) is 24.8 Å². The van der Waals surface area contributed by atoms with Gasteiger partial charge in [-0.2, -0.15) is 0 Å². The first kappa shape index (κ1) is 16.5. The highest BCUT2D eigenvalue weighted by molar-refractivity contribution is 5.75. The van der Waals surface area contributed by atoms with Crippen molar-refractivity contribution in [1.29, 1.82) is 0 Å². The largest absolute Gasteiger partial charge is 0.461 e. The van der Waals surface area contributed by atoms with Gasteiger partial charge in [-0.3, -0.25) is 4.79 Å². The molecule has 20 heavy (non-hydrogen) atoms. The number of nitrogens with one attached hydrogen (secondary N) is 1. The standard InChI is InChI=1S/C17H27NO2/c1-4-5-6-7-8-15(3)20-17(19)13-18-16-11-9-14(2)10-12-16/h9-12,15,18H,4-8,13H2,1-3H3. The summed E-state index contributed by atoms with van der Waals surface area (Å²) in [6.07, 6.45) is 5.81. The van der Waals surface area contributed by atoms with E-state index in [0.717, 1.165) is 18.5 Å². The van der Waals surface area contributed by atoms with Gasteiger partial charge in [0.1, 0.15) is 6.54 Å². The Morgan fingerprint density at radius 3 is 2.55 bits per heavy atom. The molecule has 0 saturated carbocycles. The van der Waals surface area contributed by atoms with Crippen molar-refractivity contribution in [2.45, 2.75) is 59.0 Å². The molecule has 1 atom stereocenters. The van der Waals surface area contributed by atoms with E-state index in [2.05, 4.69) is 12.2 Å². The van der Waals surface area contributed by atoms with E-state index in [-0.39, 0.29) is 18.6 Å². The third-order valence-corrected chi connectivity index (χ3v) is 3.29. The van der Waals surface area contributed by atoms with Gasteiger partial charge in [0.2, 0.25) is 0 Å². The maximum atomic E-state index is 11.7. The van der Waals surface area contributed by atoms with E-state index >= 15 is 0 Å². The zero-order valence-electron chi connectivity index (χ0n) is 12.9. The zero-order valence-corrected chi connectivity index (χ0v) is 12.9. The minimum Gasteiger partial charge on any atom is -0.461 e. The predicted molar refractivity (Wildman–Crippen MR) is 84.0 cm³/mol. The summed E-state index contributed by atoms with van der Waals surface area (Å²) in [5, 5.41) is 3.08. The van der Waals surface area contributed by atoms with Gasteiger partial charge in [0.05, 0.1) is 6.10 Å². The van der Waals surface area contributed by atoms with Crippen molar-refractivity contribution in [3.8, 4) is 0 Å². The smallest absolute Gasteiger partial charge is 0.325 e. The Balaban J connectivity index is 2.17. The van der Waals surface area contributed by atoms with Crippen LogP contribution in [0.5, 0.6) is 0 Å². The average Bonchev–Trinajstić information content (AvgIpc) is 2.43. The van der Waals surface area contributed by atoms with Crippen LogP contribution < -0.4 is 5.32 Å². The molecule has 0 fully saturated rings. The number of aryl methyl sites for hydroxylation is 1. The van der Waals surface area contributed by atoms with Crippen LogP contribution in [0.25, 0.3) is 0 Å². The number of anilines is 1. The lowest BCUT2D eigenvalue weighted by Crippen LogP contribution is -2.22. The number of ether oxygens (including phenoxy) is 1. The summed E-state index contributed by atoms with van der Waals surface area (Å²) in [6.45, 7) is 6.43. The van der Waals surface area contributed by atoms with Crippen molar-refractivity contribution in [3.63, 3.8) is 0 Å². The molecule has 1 unspecified atom stereocenters. The molecule has 0 saturated heterocycles. The Hall–Kier alpha value is -1.51. The molecule has 1 N–H and O–H groups in total. The minimum absolute atomic E-state index is 0.0131. The second-order valence-electron chi connectivity index (χ2n) is 5.37. The summed E-state index contributed by atoms with van der Waals surface area (Å²) in [7, 11) is 0. The lowest BCUT2D eigenvalue weighted by molar-refractivity contribution is -0.146. The van der Waals surface area contributed by atoms with E-state index in [1.54, 1.807) is 0 Å². The highest BCUT2D eigenvalue weighted by atomic mass is 16.5. The number of hydrogen-bond donors (Lipinski definition) is 1. The lowest BCUT2D eigenvalue weighted by atomic mass is 10.1. The Morgan fingerprint density at radius 2 is 1.90 bits per heavy atom. The van der Waals surface area contributed by atoms with Crippen LogP contribution in [0, 0.1) is 6.92 Å². The van der Waals surface area contributed by atoms with E-state index in [0.29, 0.717) is 0 Å². The molecule has 0 bridgehead atoms. The fourth-order valence-electron chi connectivity index (χ4n) is 2.03.